The first-order valence-electron chi connectivity index (χ1n) is 26.3. The van der Waals surface area contributed by atoms with Crippen LogP contribution in [0.4, 0.5) is 0 Å². The van der Waals surface area contributed by atoms with Gasteiger partial charge in [-0.1, -0.05) is 82.1 Å². The van der Waals surface area contributed by atoms with E-state index in [2.05, 4.69) is 61.2 Å². The van der Waals surface area contributed by atoms with Crippen molar-refractivity contribution in [2.75, 3.05) is 21.3 Å². The predicted octanol–water partition coefficient (Wildman–Crippen LogP) is 13.2. The third-order valence-corrected chi connectivity index (χ3v) is 14.6. The fraction of sp³-hybridized carbons (Fsp3) is 0.810. The number of aldehydes is 1. The maximum atomic E-state index is 12.0. The molecule has 434 valence electrons. The molecule has 3 aliphatic rings. The molecule has 2 N–H and O–H groups in total. The van der Waals surface area contributed by atoms with Crippen LogP contribution in [0.1, 0.15) is 191 Å². The Balaban J connectivity index is 0. The molecule has 0 saturated heterocycles. The highest BCUT2D eigenvalue weighted by atomic mass is 28.4. The second-order valence-electron chi connectivity index (χ2n) is 23.4. The molecular formula is C58H108O15Si. The van der Waals surface area contributed by atoms with Gasteiger partial charge in [0.15, 0.2) is 6.29 Å². The van der Waals surface area contributed by atoms with Crippen molar-refractivity contribution < 1.29 is 71.7 Å². The number of aliphatic hydroxyl groups excluding tert-OH is 2. The minimum Gasteiger partial charge on any atom is -0.519 e. The quantitative estimate of drug-likeness (QED) is 0.0628. The van der Waals surface area contributed by atoms with Crippen molar-refractivity contribution in [2.24, 2.45) is 29.6 Å². The van der Waals surface area contributed by atoms with Crippen LogP contribution in [0, 0.1) is 29.6 Å². The van der Waals surface area contributed by atoms with Crippen LogP contribution in [0.5, 0.6) is 0 Å². The van der Waals surface area contributed by atoms with E-state index in [-0.39, 0.29) is 19.3 Å². The third-order valence-electron chi connectivity index (χ3n) is 13.8. The number of methoxy groups -OCH3 is 3. The average Bonchev–Trinajstić information content (AvgIpc) is 3.30. The van der Waals surface area contributed by atoms with E-state index >= 15 is 0 Å². The van der Waals surface area contributed by atoms with Crippen LogP contribution in [-0.4, -0.2) is 104 Å². The largest absolute Gasteiger partial charge is 0.519 e. The zero-order valence-corrected chi connectivity index (χ0v) is 51.6. The van der Waals surface area contributed by atoms with Crippen molar-refractivity contribution in [1.82, 2.24) is 0 Å². The molecule has 0 unspecified atom stereocenters. The maximum Gasteiger partial charge on any atom is 0.340 e. The molecule has 3 aliphatic heterocycles. The van der Waals surface area contributed by atoms with Crippen LogP contribution in [-0.2, 0) is 61.4 Å². The number of esters is 2. The van der Waals surface area contributed by atoms with Gasteiger partial charge in [-0.2, -0.15) is 0 Å². The lowest BCUT2D eigenvalue weighted by molar-refractivity contribution is -0.216. The molecule has 16 heteroatoms. The first-order valence-corrected chi connectivity index (χ1v) is 29.8. The van der Waals surface area contributed by atoms with Crippen LogP contribution in [0.25, 0.3) is 0 Å². The second-order valence-corrected chi connectivity index (χ2v) is 27.9. The summed E-state index contributed by atoms with van der Waals surface area (Å²) in [5.74, 6) is -0.483. The van der Waals surface area contributed by atoms with E-state index < -0.39 is 66.6 Å². The molecule has 0 aromatic heterocycles. The summed E-state index contributed by atoms with van der Waals surface area (Å²) >= 11 is 0. The molecule has 0 radical (unpaired) electrons. The van der Waals surface area contributed by atoms with Crippen LogP contribution in [0.3, 0.4) is 0 Å². The Morgan fingerprint density at radius 3 is 1.20 bits per heavy atom. The number of aliphatic hydroxyl groups is 2. The van der Waals surface area contributed by atoms with E-state index in [1.54, 1.807) is 62.9 Å². The summed E-state index contributed by atoms with van der Waals surface area (Å²) < 4.78 is 55.8. The summed E-state index contributed by atoms with van der Waals surface area (Å²) in [5.41, 5.74) is -0.261. The Bertz CT molecular complexity index is 1820. The van der Waals surface area contributed by atoms with E-state index in [1.807, 2.05) is 68.4 Å². The van der Waals surface area contributed by atoms with Gasteiger partial charge in [0.2, 0.25) is 25.7 Å². The number of carbonyl (C=O) groups is 3. The smallest absolute Gasteiger partial charge is 0.340 e. The fourth-order valence-electron chi connectivity index (χ4n) is 8.49. The lowest BCUT2D eigenvalue weighted by Crippen LogP contribution is -2.48. The summed E-state index contributed by atoms with van der Waals surface area (Å²) in [5, 5.41) is 21.8. The SMILES string of the molecule is C.C/C=C1\OC(C)(C)OC(O[Si](C)(C)C)=C1C.CC[C@H](C)C[C@@](C)(OC)[C@H](O)[C@@H](C)C1=C(C)C(=O)OC(C)(C)O1.CC[C@H](C)C[C@@](C)(OC)[C@H](O)[C@H](C)C1=C(C)C(=O)OC(C)(C)O1.CC[C@H](C)C[C@](C)(C=O)OC. The summed E-state index contributed by atoms with van der Waals surface area (Å²) in [6.45, 7) is 46.2. The van der Waals surface area contributed by atoms with Gasteiger partial charge in [0, 0.05) is 74.7 Å². The van der Waals surface area contributed by atoms with E-state index in [1.165, 1.54) is 0 Å². The standard InChI is InChI=1S/2C18H32O5.C12H22O3Si.C9H18O2.CH4/c2*1-9-11(2)10-18(7,21-8)15(19)12(3)14-13(4)16(20)23-17(5,6)22-14;1-8-10-9(2)11(15-16(5,6)7)14-12(3,4)13-10;1-5-8(2)6-9(3,7-10)11-4;/h2*11-12,15,19H,9-10H2,1-8H3;8H,1-7H3;7-8H,5-6H2,1-4H3;1H4/b;;10-8-;;/t11-,12+,15+,18+;11-,12-,15+,18+;;8-,9+;/m00.0./s1. The number of hydrogen-bond acceptors (Lipinski definition) is 15. The Morgan fingerprint density at radius 2 is 0.919 bits per heavy atom. The number of allylic oxidation sites excluding steroid dienone is 2. The molecule has 74 heavy (non-hydrogen) atoms. The van der Waals surface area contributed by atoms with E-state index in [9.17, 15) is 24.6 Å². The molecule has 0 amide bonds. The maximum absolute atomic E-state index is 12.0. The van der Waals surface area contributed by atoms with Gasteiger partial charge in [-0.25, -0.2) is 9.59 Å². The highest BCUT2D eigenvalue weighted by Gasteiger charge is 2.46. The van der Waals surface area contributed by atoms with Gasteiger partial charge in [0.1, 0.15) is 22.9 Å². The predicted molar refractivity (Wildman–Crippen MR) is 297 cm³/mol. The second kappa shape index (κ2) is 29.9. The van der Waals surface area contributed by atoms with Crippen LogP contribution in [0.2, 0.25) is 19.6 Å². The van der Waals surface area contributed by atoms with E-state index in [0.29, 0.717) is 46.4 Å². The highest BCUT2D eigenvalue weighted by Crippen LogP contribution is 2.40. The van der Waals surface area contributed by atoms with Crippen molar-refractivity contribution in [3.05, 3.63) is 46.0 Å². The van der Waals surface area contributed by atoms with Crippen molar-refractivity contribution in [3.8, 4) is 0 Å². The molecule has 3 heterocycles. The molecule has 10 atom stereocenters. The number of cyclic esters (lactones) is 2. The Hall–Kier alpha value is -3.41. The van der Waals surface area contributed by atoms with Crippen molar-refractivity contribution >= 4 is 26.5 Å². The molecule has 0 bridgehead atoms. The van der Waals surface area contributed by atoms with Crippen molar-refractivity contribution in [1.29, 1.82) is 0 Å². The molecule has 0 fully saturated rings. The lowest BCUT2D eigenvalue weighted by Gasteiger charge is -2.41. The third kappa shape index (κ3) is 22.3. The molecule has 0 saturated carbocycles. The molecule has 3 rings (SSSR count). The van der Waals surface area contributed by atoms with Gasteiger partial charge in [0.25, 0.3) is 5.95 Å². The topological polar surface area (TPSA) is 184 Å². The Labute approximate surface area is 451 Å². The van der Waals surface area contributed by atoms with Gasteiger partial charge in [-0.3, -0.25) is 0 Å². The molecule has 0 aliphatic carbocycles. The molecular weight excluding hydrogens is 965 g/mol. The monoisotopic (exact) mass is 1070 g/mol. The Morgan fingerprint density at radius 1 is 0.581 bits per heavy atom. The number of carbonyl (C=O) groups excluding carboxylic acids is 3. The Kier molecular flexibility index (Phi) is 29.4. The van der Waals surface area contributed by atoms with Gasteiger partial charge < -0.3 is 62.1 Å². The first kappa shape index (κ1) is 72.7. The van der Waals surface area contributed by atoms with Gasteiger partial charge in [0.05, 0.1) is 40.1 Å². The van der Waals surface area contributed by atoms with Crippen LogP contribution in [0.15, 0.2) is 46.0 Å². The summed E-state index contributed by atoms with van der Waals surface area (Å²) in [7, 11) is 3.14. The lowest BCUT2D eigenvalue weighted by atomic mass is 9.80. The molecule has 15 nitrogen and oxygen atoms in total. The minimum atomic E-state index is -1.66. The van der Waals surface area contributed by atoms with E-state index in [4.69, 9.17) is 47.1 Å². The van der Waals surface area contributed by atoms with Crippen LogP contribution >= 0.6 is 0 Å². The van der Waals surface area contributed by atoms with Gasteiger partial charge in [-0.05, 0) is 111 Å². The van der Waals surface area contributed by atoms with Crippen molar-refractivity contribution in [2.45, 2.75) is 257 Å². The zero-order valence-electron chi connectivity index (χ0n) is 50.6. The van der Waals surface area contributed by atoms with E-state index in [0.717, 1.165) is 56.1 Å². The number of rotatable bonds is 21. The molecule has 0 spiro atoms. The van der Waals surface area contributed by atoms with Crippen LogP contribution < -0.4 is 0 Å². The van der Waals surface area contributed by atoms with Gasteiger partial charge in [-0.15, -0.1) is 0 Å². The fourth-order valence-corrected chi connectivity index (χ4v) is 9.24. The number of ether oxygens (including phenoxy) is 9. The molecule has 0 aromatic carbocycles. The zero-order chi connectivity index (χ0) is 57.5. The minimum absolute atomic E-state index is 0. The average molecular weight is 1070 g/mol. The summed E-state index contributed by atoms with van der Waals surface area (Å²) in [6, 6.07) is 0. The highest BCUT2D eigenvalue weighted by molar-refractivity contribution is 6.70. The normalized spacial score (nSPS) is 22.9. The number of hydrogen-bond donors (Lipinski definition) is 2. The first-order chi connectivity index (χ1) is 33.2. The van der Waals surface area contributed by atoms with Crippen molar-refractivity contribution in [3.63, 3.8) is 0 Å². The molecule has 0 aromatic rings. The van der Waals surface area contributed by atoms with Gasteiger partial charge >= 0.3 is 11.9 Å². The summed E-state index contributed by atoms with van der Waals surface area (Å²) in [6.07, 6.45) is 6.61. The summed E-state index contributed by atoms with van der Waals surface area (Å²) in [4.78, 5) is 34.6.